The molecule has 0 aliphatic heterocycles. The van der Waals surface area contributed by atoms with Gasteiger partial charge in [-0.25, -0.2) is 4.39 Å². The molecule has 1 rings (SSSR count). The van der Waals surface area contributed by atoms with Crippen molar-refractivity contribution in [1.29, 1.82) is 5.26 Å². The maximum Gasteiger partial charge on any atom is 0.269 e. The van der Waals surface area contributed by atoms with Crippen LogP contribution in [0.2, 0.25) is 0 Å². The van der Waals surface area contributed by atoms with Gasteiger partial charge in [0.05, 0.1) is 5.69 Å². The molecule has 0 atom stereocenters. The molecule has 5 heteroatoms. The number of carbonyl (C=O) groups excluding carboxylic acids is 1. The molecule has 0 aliphatic carbocycles. The van der Waals surface area contributed by atoms with E-state index in [0.29, 0.717) is 0 Å². The van der Waals surface area contributed by atoms with E-state index in [4.69, 9.17) is 10.4 Å². The first kappa shape index (κ1) is 11.7. The highest BCUT2D eigenvalue weighted by Crippen LogP contribution is 2.14. The van der Waals surface area contributed by atoms with E-state index < -0.39 is 23.1 Å². The van der Waals surface area contributed by atoms with Crippen LogP contribution in [0.3, 0.4) is 0 Å². The average Bonchev–Trinajstić information content (AvgIpc) is 2.22. The molecule has 1 aromatic rings. The van der Waals surface area contributed by atoms with Crippen LogP contribution < -0.4 is 5.32 Å². The number of benzene rings is 1. The Labute approximate surface area is 91.6 Å². The second-order valence-electron chi connectivity index (χ2n) is 3.01. The summed E-state index contributed by atoms with van der Waals surface area (Å²) >= 11 is 0. The van der Waals surface area contributed by atoms with Gasteiger partial charge in [0.2, 0.25) is 0 Å². The molecule has 1 aromatic carbocycles. The Morgan fingerprint density at radius 1 is 1.50 bits per heavy atom. The fourth-order valence-electron chi connectivity index (χ4n) is 1.04. The summed E-state index contributed by atoms with van der Waals surface area (Å²) in [5.41, 5.74) is -0.482. The molecule has 0 saturated heterocycles. The molecule has 2 N–H and O–H groups in total. The number of amides is 1. The number of aliphatic hydroxyl groups excluding tert-OH is 1. The smallest absolute Gasteiger partial charge is 0.269 e. The molecule has 0 heterocycles. The van der Waals surface area contributed by atoms with Crippen LogP contribution in [0, 0.1) is 17.1 Å². The average molecular weight is 220 g/mol. The molecule has 0 aromatic heterocycles. The predicted molar refractivity (Wildman–Crippen MR) is 56.0 cm³/mol. The van der Waals surface area contributed by atoms with Crippen LogP contribution >= 0.6 is 0 Å². The van der Waals surface area contributed by atoms with Crippen LogP contribution in [-0.4, -0.2) is 11.0 Å². The molecular formula is C11H9FN2O2. The fourth-order valence-corrected chi connectivity index (χ4v) is 1.04. The number of halogens is 1. The molecule has 0 aliphatic rings. The van der Waals surface area contributed by atoms with Gasteiger partial charge in [-0.05, 0) is 19.1 Å². The number of nitrogens with one attached hydrogen (secondary N) is 1. The van der Waals surface area contributed by atoms with E-state index in [9.17, 15) is 9.18 Å². The summed E-state index contributed by atoms with van der Waals surface area (Å²) in [4.78, 5) is 11.4. The number of allylic oxidation sites excluding steroid dienone is 1. The van der Waals surface area contributed by atoms with Gasteiger partial charge in [0.1, 0.15) is 17.6 Å². The van der Waals surface area contributed by atoms with E-state index in [-0.39, 0.29) is 5.69 Å². The Morgan fingerprint density at radius 3 is 2.62 bits per heavy atom. The lowest BCUT2D eigenvalue weighted by Gasteiger charge is -2.05. The third-order valence-electron chi connectivity index (χ3n) is 1.82. The summed E-state index contributed by atoms with van der Waals surface area (Å²) in [6, 6.07) is 7.09. The topological polar surface area (TPSA) is 73.1 Å². The SMILES string of the molecule is C/C(O)=C(/C#N)C(=O)Nc1ccccc1F. The number of aliphatic hydroxyl groups is 1. The summed E-state index contributed by atoms with van der Waals surface area (Å²) < 4.78 is 13.1. The van der Waals surface area contributed by atoms with Crippen LogP contribution in [0.1, 0.15) is 6.92 Å². The minimum atomic E-state index is -0.840. The molecule has 0 unspecified atom stereocenters. The first-order valence-electron chi connectivity index (χ1n) is 4.42. The van der Waals surface area contributed by atoms with Crippen molar-refractivity contribution in [2.24, 2.45) is 0 Å². The zero-order valence-electron chi connectivity index (χ0n) is 8.49. The van der Waals surface area contributed by atoms with Crippen molar-refractivity contribution in [3.63, 3.8) is 0 Å². The van der Waals surface area contributed by atoms with Gasteiger partial charge in [0.25, 0.3) is 5.91 Å². The maximum atomic E-state index is 13.1. The number of para-hydroxylation sites is 1. The third-order valence-corrected chi connectivity index (χ3v) is 1.82. The first-order chi connectivity index (χ1) is 7.56. The quantitative estimate of drug-likeness (QED) is 0.455. The number of hydrogen-bond acceptors (Lipinski definition) is 3. The highest BCUT2D eigenvalue weighted by molar-refractivity contribution is 6.06. The normalized spacial score (nSPS) is 11.3. The number of carbonyl (C=O) groups is 1. The zero-order chi connectivity index (χ0) is 12.1. The van der Waals surface area contributed by atoms with E-state index in [1.54, 1.807) is 6.07 Å². The van der Waals surface area contributed by atoms with E-state index in [0.717, 1.165) is 0 Å². The van der Waals surface area contributed by atoms with Crippen molar-refractivity contribution in [2.45, 2.75) is 6.92 Å². The summed E-state index contributed by atoms with van der Waals surface area (Å²) in [5, 5.41) is 19.8. The van der Waals surface area contributed by atoms with E-state index in [1.165, 1.54) is 31.2 Å². The zero-order valence-corrected chi connectivity index (χ0v) is 8.49. The minimum absolute atomic E-state index is 0.0403. The van der Waals surface area contributed by atoms with Crippen LogP contribution in [-0.2, 0) is 4.79 Å². The number of nitrogens with zero attached hydrogens (tertiary/aromatic N) is 1. The Balaban J connectivity index is 2.93. The third kappa shape index (κ3) is 2.58. The summed E-state index contributed by atoms with van der Waals surface area (Å²) in [5.74, 6) is -1.85. The Kier molecular flexibility index (Phi) is 3.62. The second kappa shape index (κ2) is 4.94. The molecule has 0 saturated carbocycles. The second-order valence-corrected chi connectivity index (χ2v) is 3.01. The van der Waals surface area contributed by atoms with Crippen LogP contribution in [0.25, 0.3) is 0 Å². The minimum Gasteiger partial charge on any atom is -0.511 e. The van der Waals surface area contributed by atoms with Crippen LogP contribution in [0.5, 0.6) is 0 Å². The molecule has 0 radical (unpaired) electrons. The lowest BCUT2D eigenvalue weighted by Crippen LogP contribution is -2.15. The molecule has 0 fully saturated rings. The number of hydrogen-bond donors (Lipinski definition) is 2. The van der Waals surface area contributed by atoms with Crippen molar-refractivity contribution in [2.75, 3.05) is 5.32 Å². The first-order valence-corrected chi connectivity index (χ1v) is 4.42. The Morgan fingerprint density at radius 2 is 2.12 bits per heavy atom. The molecule has 0 bridgehead atoms. The highest BCUT2D eigenvalue weighted by atomic mass is 19.1. The monoisotopic (exact) mass is 220 g/mol. The number of anilines is 1. The summed E-state index contributed by atoms with van der Waals surface area (Å²) in [6.45, 7) is 1.21. The molecule has 82 valence electrons. The largest absolute Gasteiger partial charge is 0.511 e. The Bertz CT molecular complexity index is 485. The van der Waals surface area contributed by atoms with Crippen LogP contribution in [0.15, 0.2) is 35.6 Å². The summed E-state index contributed by atoms with van der Waals surface area (Å²) in [6.07, 6.45) is 0. The molecule has 16 heavy (non-hydrogen) atoms. The highest BCUT2D eigenvalue weighted by Gasteiger charge is 2.14. The fraction of sp³-hybridized carbons (Fsp3) is 0.0909. The van der Waals surface area contributed by atoms with E-state index in [2.05, 4.69) is 5.32 Å². The van der Waals surface area contributed by atoms with Crippen molar-refractivity contribution in [3.8, 4) is 6.07 Å². The Hall–Kier alpha value is -2.35. The molecule has 1 amide bonds. The van der Waals surface area contributed by atoms with E-state index in [1.807, 2.05) is 0 Å². The van der Waals surface area contributed by atoms with Crippen LogP contribution in [0.4, 0.5) is 10.1 Å². The lowest BCUT2D eigenvalue weighted by molar-refractivity contribution is -0.112. The van der Waals surface area contributed by atoms with Gasteiger partial charge in [-0.15, -0.1) is 0 Å². The standard InChI is InChI=1S/C11H9FN2O2/c1-7(15)8(6-13)11(16)14-10-5-3-2-4-9(10)12/h2-5,15H,1H3,(H,14,16)/b8-7+. The van der Waals surface area contributed by atoms with Crippen molar-refractivity contribution < 1.29 is 14.3 Å². The van der Waals surface area contributed by atoms with Gasteiger partial charge in [-0.3, -0.25) is 4.79 Å². The summed E-state index contributed by atoms with van der Waals surface area (Å²) in [7, 11) is 0. The van der Waals surface area contributed by atoms with E-state index >= 15 is 0 Å². The van der Waals surface area contributed by atoms with Gasteiger partial charge in [0.15, 0.2) is 5.57 Å². The maximum absolute atomic E-state index is 13.1. The van der Waals surface area contributed by atoms with Crippen molar-refractivity contribution >= 4 is 11.6 Å². The predicted octanol–water partition coefficient (Wildman–Crippen LogP) is 2.12. The molecule has 4 nitrogen and oxygen atoms in total. The van der Waals surface area contributed by atoms with Crippen molar-refractivity contribution in [1.82, 2.24) is 0 Å². The van der Waals surface area contributed by atoms with Gasteiger partial charge < -0.3 is 10.4 Å². The lowest BCUT2D eigenvalue weighted by atomic mass is 10.2. The molecule has 0 spiro atoms. The van der Waals surface area contributed by atoms with Crippen molar-refractivity contribution in [3.05, 3.63) is 41.4 Å². The number of nitriles is 1. The molecular weight excluding hydrogens is 211 g/mol. The number of rotatable bonds is 2. The van der Waals surface area contributed by atoms with Gasteiger partial charge in [-0.2, -0.15) is 5.26 Å². The van der Waals surface area contributed by atoms with Gasteiger partial charge in [-0.1, -0.05) is 12.1 Å². The van der Waals surface area contributed by atoms with Gasteiger partial charge >= 0.3 is 0 Å². The van der Waals surface area contributed by atoms with Gasteiger partial charge in [0, 0.05) is 0 Å².